The highest BCUT2D eigenvalue weighted by atomic mass is 15.3. The predicted octanol–water partition coefficient (Wildman–Crippen LogP) is 1.57. The summed E-state index contributed by atoms with van der Waals surface area (Å²) in [5.74, 6) is 0.866. The molecule has 0 spiro atoms. The number of benzene rings is 1. The summed E-state index contributed by atoms with van der Waals surface area (Å²) >= 11 is 0. The maximum Gasteiger partial charge on any atom is 0.223 e. The number of nitrogen functional groups attached to an aromatic ring is 1. The number of hydrogen-bond acceptors (Lipinski definition) is 6. The number of anilines is 1. The Balaban J connectivity index is 1.75. The molecule has 0 aliphatic carbocycles. The van der Waals surface area contributed by atoms with Gasteiger partial charge < -0.3 is 5.73 Å². The molecule has 0 radical (unpaired) electrons. The summed E-state index contributed by atoms with van der Waals surface area (Å²) < 4.78 is 3.25. The van der Waals surface area contributed by atoms with E-state index >= 15 is 0 Å². The fourth-order valence-electron chi connectivity index (χ4n) is 2.65. The van der Waals surface area contributed by atoms with E-state index in [4.69, 9.17) is 11.0 Å². The number of fused-ring (bicyclic) bond motifs is 1. The number of aryl methyl sites for hydroxylation is 1. The van der Waals surface area contributed by atoms with Gasteiger partial charge in [-0.2, -0.15) is 14.9 Å². The monoisotopic (exact) mass is 330 g/mol. The van der Waals surface area contributed by atoms with Gasteiger partial charge in [-0.05, 0) is 18.2 Å². The van der Waals surface area contributed by atoms with E-state index in [1.807, 2.05) is 37.5 Å². The highest BCUT2D eigenvalue weighted by molar-refractivity contribution is 5.66. The molecule has 0 bridgehead atoms. The molecule has 4 rings (SSSR count). The Morgan fingerprint density at radius 1 is 1.16 bits per heavy atom. The molecule has 0 unspecified atom stereocenters. The van der Waals surface area contributed by atoms with E-state index in [0.717, 1.165) is 11.3 Å². The SMILES string of the molecule is Cn1ccc(Cc2nc3cc(-c4cccc(C#N)c4)nc(N)n3n2)n1. The second kappa shape index (κ2) is 5.72. The molecule has 0 fully saturated rings. The summed E-state index contributed by atoms with van der Waals surface area (Å²) in [5.41, 5.74) is 9.55. The lowest BCUT2D eigenvalue weighted by Crippen LogP contribution is -2.03. The Morgan fingerprint density at radius 3 is 2.80 bits per heavy atom. The van der Waals surface area contributed by atoms with Gasteiger partial charge in [0.05, 0.1) is 29.4 Å². The molecule has 0 amide bonds. The molecule has 8 nitrogen and oxygen atoms in total. The van der Waals surface area contributed by atoms with Crippen molar-refractivity contribution in [1.82, 2.24) is 29.4 Å². The second-order valence-electron chi connectivity index (χ2n) is 5.65. The summed E-state index contributed by atoms with van der Waals surface area (Å²) in [6.07, 6.45) is 2.39. The molecule has 0 aliphatic heterocycles. The van der Waals surface area contributed by atoms with Crippen LogP contribution in [0.5, 0.6) is 0 Å². The van der Waals surface area contributed by atoms with E-state index in [2.05, 4.69) is 26.2 Å². The van der Waals surface area contributed by atoms with E-state index in [9.17, 15) is 0 Å². The zero-order valence-corrected chi connectivity index (χ0v) is 13.5. The third-order valence-corrected chi connectivity index (χ3v) is 3.79. The van der Waals surface area contributed by atoms with Crippen molar-refractivity contribution in [3.63, 3.8) is 0 Å². The van der Waals surface area contributed by atoms with Crippen molar-refractivity contribution < 1.29 is 0 Å². The molecule has 0 saturated heterocycles. The van der Waals surface area contributed by atoms with E-state index < -0.39 is 0 Å². The molecule has 1 aromatic carbocycles. The number of nitrogens with zero attached hydrogens (tertiary/aromatic N) is 7. The summed E-state index contributed by atoms with van der Waals surface area (Å²) in [7, 11) is 1.87. The van der Waals surface area contributed by atoms with Crippen LogP contribution in [0.25, 0.3) is 16.9 Å². The fourth-order valence-corrected chi connectivity index (χ4v) is 2.65. The smallest absolute Gasteiger partial charge is 0.223 e. The van der Waals surface area contributed by atoms with Crippen molar-refractivity contribution in [3.05, 3.63) is 59.7 Å². The maximum absolute atomic E-state index is 9.05. The minimum Gasteiger partial charge on any atom is -0.368 e. The average molecular weight is 330 g/mol. The summed E-state index contributed by atoms with van der Waals surface area (Å²) in [4.78, 5) is 8.90. The van der Waals surface area contributed by atoms with Gasteiger partial charge in [-0.3, -0.25) is 4.68 Å². The van der Waals surface area contributed by atoms with Crippen LogP contribution in [-0.4, -0.2) is 29.4 Å². The summed E-state index contributed by atoms with van der Waals surface area (Å²) in [5, 5.41) is 17.8. The van der Waals surface area contributed by atoms with Crippen molar-refractivity contribution in [1.29, 1.82) is 5.26 Å². The molecule has 0 saturated carbocycles. The van der Waals surface area contributed by atoms with E-state index in [1.165, 1.54) is 4.52 Å². The van der Waals surface area contributed by atoms with Crippen LogP contribution in [0.15, 0.2) is 42.6 Å². The molecule has 3 aromatic heterocycles. The van der Waals surface area contributed by atoms with Crippen molar-refractivity contribution in [3.8, 4) is 17.3 Å². The number of nitrogens with two attached hydrogens (primary N) is 1. The second-order valence-corrected chi connectivity index (χ2v) is 5.65. The van der Waals surface area contributed by atoms with Crippen LogP contribution in [-0.2, 0) is 13.5 Å². The maximum atomic E-state index is 9.05. The van der Waals surface area contributed by atoms with Crippen LogP contribution in [0.3, 0.4) is 0 Å². The van der Waals surface area contributed by atoms with Gasteiger partial charge in [0.2, 0.25) is 5.95 Å². The largest absolute Gasteiger partial charge is 0.368 e. The zero-order chi connectivity index (χ0) is 17.4. The molecular weight excluding hydrogens is 316 g/mol. The molecule has 2 N–H and O–H groups in total. The van der Waals surface area contributed by atoms with Crippen LogP contribution in [0, 0.1) is 11.3 Å². The molecule has 25 heavy (non-hydrogen) atoms. The Bertz CT molecular complexity index is 1120. The Kier molecular flexibility index (Phi) is 3.40. The van der Waals surface area contributed by atoms with Crippen LogP contribution in [0.2, 0.25) is 0 Å². The Labute approximate surface area is 143 Å². The first-order chi connectivity index (χ1) is 12.1. The minimum atomic E-state index is 0.245. The van der Waals surface area contributed by atoms with Crippen molar-refractivity contribution in [2.24, 2.45) is 7.05 Å². The quantitative estimate of drug-likeness (QED) is 0.610. The third kappa shape index (κ3) is 2.79. The lowest BCUT2D eigenvalue weighted by molar-refractivity contribution is 0.743. The highest BCUT2D eigenvalue weighted by Gasteiger charge is 2.12. The number of hydrogen-bond donors (Lipinski definition) is 1. The first-order valence-electron chi connectivity index (χ1n) is 7.63. The van der Waals surface area contributed by atoms with Crippen LogP contribution in [0.4, 0.5) is 5.95 Å². The highest BCUT2D eigenvalue weighted by Crippen LogP contribution is 2.21. The zero-order valence-electron chi connectivity index (χ0n) is 13.5. The fraction of sp³-hybridized carbons (Fsp3) is 0.118. The van der Waals surface area contributed by atoms with Gasteiger partial charge >= 0.3 is 0 Å². The molecule has 3 heterocycles. The van der Waals surface area contributed by atoms with Crippen LogP contribution >= 0.6 is 0 Å². The average Bonchev–Trinajstić information content (AvgIpc) is 3.21. The molecular formula is C17H14N8. The Hall–Kier alpha value is -3.73. The lowest BCUT2D eigenvalue weighted by Gasteiger charge is -2.03. The van der Waals surface area contributed by atoms with E-state index in [0.29, 0.717) is 29.1 Å². The lowest BCUT2D eigenvalue weighted by atomic mass is 10.1. The number of nitriles is 1. The van der Waals surface area contributed by atoms with Crippen molar-refractivity contribution in [2.75, 3.05) is 5.73 Å². The van der Waals surface area contributed by atoms with Crippen molar-refractivity contribution in [2.45, 2.75) is 6.42 Å². The first-order valence-corrected chi connectivity index (χ1v) is 7.63. The van der Waals surface area contributed by atoms with Gasteiger partial charge in [0, 0.05) is 24.9 Å². The summed E-state index contributed by atoms with van der Waals surface area (Å²) in [6.45, 7) is 0. The Morgan fingerprint density at radius 2 is 2.04 bits per heavy atom. The van der Waals surface area contributed by atoms with Gasteiger partial charge in [0.15, 0.2) is 11.5 Å². The van der Waals surface area contributed by atoms with Gasteiger partial charge in [0.1, 0.15) is 0 Å². The molecule has 0 atom stereocenters. The number of aromatic nitrogens is 6. The third-order valence-electron chi connectivity index (χ3n) is 3.79. The van der Waals surface area contributed by atoms with Crippen molar-refractivity contribution >= 4 is 11.6 Å². The molecule has 4 aromatic rings. The topological polar surface area (TPSA) is 111 Å². The number of rotatable bonds is 3. The standard InChI is InChI=1S/C17H14N8/c1-24-6-5-13(22-24)8-15-21-16-9-14(20-17(19)25(16)23-15)12-4-2-3-11(7-12)10-18/h2-7,9H,8H2,1H3,(H2,19,20). The molecule has 0 aliphatic rings. The van der Waals surface area contributed by atoms with Crippen LogP contribution < -0.4 is 5.73 Å². The normalized spacial score (nSPS) is 10.9. The van der Waals surface area contributed by atoms with E-state index in [-0.39, 0.29) is 5.95 Å². The van der Waals surface area contributed by atoms with Crippen LogP contribution in [0.1, 0.15) is 17.1 Å². The predicted molar refractivity (Wildman–Crippen MR) is 91.4 cm³/mol. The summed E-state index contributed by atoms with van der Waals surface area (Å²) in [6, 6.07) is 13.1. The molecule has 122 valence electrons. The molecule has 8 heteroatoms. The minimum absolute atomic E-state index is 0.245. The van der Waals surface area contributed by atoms with Gasteiger partial charge in [-0.15, -0.1) is 5.10 Å². The van der Waals surface area contributed by atoms with E-state index in [1.54, 1.807) is 16.8 Å². The van der Waals surface area contributed by atoms with Gasteiger partial charge in [-0.25, -0.2) is 9.97 Å². The first kappa shape index (κ1) is 14.8. The van der Waals surface area contributed by atoms with Gasteiger partial charge in [0.25, 0.3) is 0 Å². The van der Waals surface area contributed by atoms with Gasteiger partial charge in [-0.1, -0.05) is 12.1 Å².